The number of amides is 2. The van der Waals surface area contributed by atoms with Gasteiger partial charge in [0.25, 0.3) is 0 Å². The van der Waals surface area contributed by atoms with Crippen LogP contribution in [0.1, 0.15) is 42.4 Å². The molecule has 0 radical (unpaired) electrons. The number of nitrogens with two attached hydrogens (primary N) is 1. The number of piperidine rings is 2. The quantitative estimate of drug-likeness (QED) is 0.800. The Labute approximate surface area is 173 Å². The summed E-state index contributed by atoms with van der Waals surface area (Å²) in [5.74, 6) is -0.828. The maximum Gasteiger partial charge on any atom is 0.243 e. The van der Waals surface area contributed by atoms with E-state index in [1.165, 1.54) is 4.31 Å². The normalized spacial score (nSPS) is 21.9. The summed E-state index contributed by atoms with van der Waals surface area (Å²) in [6, 6.07) is 3.77. The second-order valence-corrected chi connectivity index (χ2v) is 10.3. The summed E-state index contributed by atoms with van der Waals surface area (Å²) in [5, 5.41) is 0. The maximum absolute atomic E-state index is 13.4. The van der Waals surface area contributed by atoms with Crippen molar-refractivity contribution in [2.75, 3.05) is 26.2 Å². The van der Waals surface area contributed by atoms with Gasteiger partial charge >= 0.3 is 0 Å². The zero-order chi connectivity index (χ0) is 21.3. The second-order valence-electron chi connectivity index (χ2n) is 8.43. The summed E-state index contributed by atoms with van der Waals surface area (Å²) in [5.41, 5.74) is 7.88. The third-order valence-corrected chi connectivity index (χ3v) is 8.32. The van der Waals surface area contributed by atoms with Crippen LogP contribution in [0.2, 0.25) is 0 Å². The van der Waals surface area contributed by atoms with E-state index >= 15 is 0 Å². The third kappa shape index (κ3) is 4.48. The number of carbonyl (C=O) groups is 2. The standard InChI is InChI=1S/C21H31N3O4S/c1-14-11-15(2)19(16(3)12-14)29(27,28)24-8-4-5-18(13-24)21(26)23-9-6-17(7-10-23)20(22)25/h11-12,17-18H,4-10,13H2,1-3H3,(H2,22,25)/t18-/m0/s1. The molecule has 1 aromatic carbocycles. The Morgan fingerprint density at radius 2 is 1.55 bits per heavy atom. The monoisotopic (exact) mass is 421 g/mol. The number of primary amides is 1. The number of nitrogens with zero attached hydrogens (tertiary/aromatic N) is 2. The number of benzene rings is 1. The van der Waals surface area contributed by atoms with Crippen LogP contribution in [0.4, 0.5) is 0 Å². The van der Waals surface area contributed by atoms with Gasteiger partial charge in [-0.25, -0.2) is 8.42 Å². The molecule has 3 rings (SSSR count). The Kier molecular flexibility index (Phi) is 6.33. The van der Waals surface area contributed by atoms with E-state index in [-0.39, 0.29) is 30.2 Å². The first kappa shape index (κ1) is 21.8. The lowest BCUT2D eigenvalue weighted by Crippen LogP contribution is -2.49. The first-order valence-corrected chi connectivity index (χ1v) is 11.7. The first-order valence-electron chi connectivity index (χ1n) is 10.3. The summed E-state index contributed by atoms with van der Waals surface area (Å²) < 4.78 is 28.2. The molecule has 2 fully saturated rings. The molecular weight excluding hydrogens is 390 g/mol. The number of sulfonamides is 1. The van der Waals surface area contributed by atoms with Crippen LogP contribution in [0, 0.1) is 32.6 Å². The molecule has 160 valence electrons. The van der Waals surface area contributed by atoms with Crippen LogP contribution >= 0.6 is 0 Å². The van der Waals surface area contributed by atoms with Gasteiger partial charge in [-0.1, -0.05) is 17.7 Å². The fraction of sp³-hybridized carbons (Fsp3) is 0.619. The van der Waals surface area contributed by atoms with Gasteiger partial charge in [-0.15, -0.1) is 0 Å². The lowest BCUT2D eigenvalue weighted by molar-refractivity contribution is -0.139. The number of rotatable bonds is 4. The third-order valence-electron chi connectivity index (χ3n) is 6.14. The highest BCUT2D eigenvalue weighted by molar-refractivity contribution is 7.89. The zero-order valence-corrected chi connectivity index (χ0v) is 18.3. The first-order chi connectivity index (χ1) is 13.6. The van der Waals surface area contributed by atoms with E-state index in [0.29, 0.717) is 50.2 Å². The van der Waals surface area contributed by atoms with Crippen LogP contribution in [0.3, 0.4) is 0 Å². The second kappa shape index (κ2) is 8.44. The zero-order valence-electron chi connectivity index (χ0n) is 17.5. The van der Waals surface area contributed by atoms with E-state index in [1.54, 1.807) is 4.90 Å². The van der Waals surface area contributed by atoms with Crippen LogP contribution < -0.4 is 5.73 Å². The fourth-order valence-electron chi connectivity index (χ4n) is 4.71. The van der Waals surface area contributed by atoms with Crippen molar-refractivity contribution in [1.29, 1.82) is 0 Å². The van der Waals surface area contributed by atoms with Gasteiger partial charge in [0.2, 0.25) is 21.8 Å². The van der Waals surface area contributed by atoms with Gasteiger partial charge in [-0.05, 0) is 57.6 Å². The minimum absolute atomic E-state index is 0.00910. The van der Waals surface area contributed by atoms with Crippen LogP contribution in [-0.4, -0.2) is 55.6 Å². The minimum Gasteiger partial charge on any atom is -0.369 e. The molecule has 2 amide bonds. The average molecular weight is 422 g/mol. The molecule has 0 saturated carbocycles. The van der Waals surface area contributed by atoms with Crippen molar-refractivity contribution in [3.05, 3.63) is 28.8 Å². The number of carbonyl (C=O) groups excluding carboxylic acids is 2. The van der Waals surface area contributed by atoms with Gasteiger partial charge in [0.1, 0.15) is 0 Å². The lowest BCUT2D eigenvalue weighted by Gasteiger charge is -2.37. The van der Waals surface area contributed by atoms with E-state index < -0.39 is 10.0 Å². The Bertz CT molecular complexity index is 881. The molecule has 1 aromatic rings. The number of likely N-dealkylation sites (tertiary alicyclic amines) is 1. The highest BCUT2D eigenvalue weighted by Gasteiger charge is 2.37. The maximum atomic E-state index is 13.4. The van der Waals surface area contributed by atoms with Crippen molar-refractivity contribution in [2.45, 2.75) is 51.3 Å². The molecule has 2 N–H and O–H groups in total. The Balaban J connectivity index is 1.74. The molecule has 0 bridgehead atoms. The molecular formula is C21H31N3O4S. The molecule has 0 unspecified atom stereocenters. The van der Waals surface area contributed by atoms with Gasteiger partial charge in [-0.2, -0.15) is 4.31 Å². The van der Waals surface area contributed by atoms with Crippen LogP contribution in [0.5, 0.6) is 0 Å². The lowest BCUT2D eigenvalue weighted by atomic mass is 9.93. The molecule has 8 heteroatoms. The largest absolute Gasteiger partial charge is 0.369 e. The molecule has 2 aliphatic heterocycles. The topological polar surface area (TPSA) is 101 Å². The van der Waals surface area contributed by atoms with Crippen LogP contribution in [-0.2, 0) is 19.6 Å². The SMILES string of the molecule is Cc1cc(C)c(S(=O)(=O)N2CCC[C@H](C(=O)N3CCC(C(N)=O)CC3)C2)c(C)c1. The predicted molar refractivity (Wildman–Crippen MR) is 111 cm³/mol. The predicted octanol–water partition coefficient (Wildman–Crippen LogP) is 1.74. The number of hydrogen-bond donors (Lipinski definition) is 1. The van der Waals surface area contributed by atoms with Crippen molar-refractivity contribution in [2.24, 2.45) is 17.6 Å². The van der Waals surface area contributed by atoms with E-state index in [4.69, 9.17) is 5.73 Å². The highest BCUT2D eigenvalue weighted by Crippen LogP contribution is 2.30. The number of hydrogen-bond acceptors (Lipinski definition) is 4. The van der Waals surface area contributed by atoms with E-state index in [0.717, 1.165) is 16.7 Å². The molecule has 29 heavy (non-hydrogen) atoms. The summed E-state index contributed by atoms with van der Waals surface area (Å²) in [6.07, 6.45) is 2.51. The minimum atomic E-state index is -3.66. The summed E-state index contributed by atoms with van der Waals surface area (Å²) >= 11 is 0. The summed E-state index contributed by atoms with van der Waals surface area (Å²) in [4.78, 5) is 26.5. The van der Waals surface area contributed by atoms with Gasteiger partial charge < -0.3 is 10.6 Å². The fourth-order valence-corrected chi connectivity index (χ4v) is 6.64. The summed E-state index contributed by atoms with van der Waals surface area (Å²) in [7, 11) is -3.66. The smallest absolute Gasteiger partial charge is 0.243 e. The van der Waals surface area contributed by atoms with Gasteiger partial charge in [0.15, 0.2) is 0 Å². The van der Waals surface area contributed by atoms with Crippen molar-refractivity contribution in [3.8, 4) is 0 Å². The summed E-state index contributed by atoms with van der Waals surface area (Å²) in [6.45, 7) is 7.25. The van der Waals surface area contributed by atoms with Crippen molar-refractivity contribution in [1.82, 2.24) is 9.21 Å². The Hall–Kier alpha value is -1.93. The molecule has 0 aliphatic carbocycles. The van der Waals surface area contributed by atoms with E-state index in [2.05, 4.69) is 0 Å². The van der Waals surface area contributed by atoms with E-state index in [1.807, 2.05) is 32.9 Å². The van der Waals surface area contributed by atoms with Gasteiger partial charge in [-0.3, -0.25) is 9.59 Å². The van der Waals surface area contributed by atoms with Crippen LogP contribution in [0.15, 0.2) is 17.0 Å². The highest BCUT2D eigenvalue weighted by atomic mass is 32.2. The van der Waals surface area contributed by atoms with Gasteiger partial charge in [0.05, 0.1) is 10.8 Å². The van der Waals surface area contributed by atoms with Crippen molar-refractivity contribution in [3.63, 3.8) is 0 Å². The van der Waals surface area contributed by atoms with Crippen LogP contribution in [0.25, 0.3) is 0 Å². The Morgan fingerprint density at radius 3 is 2.10 bits per heavy atom. The molecule has 2 saturated heterocycles. The number of aryl methyl sites for hydroxylation is 3. The molecule has 0 spiro atoms. The molecule has 2 aliphatic rings. The van der Waals surface area contributed by atoms with E-state index in [9.17, 15) is 18.0 Å². The molecule has 2 heterocycles. The Morgan fingerprint density at radius 1 is 0.966 bits per heavy atom. The molecule has 7 nitrogen and oxygen atoms in total. The molecule has 0 aromatic heterocycles. The van der Waals surface area contributed by atoms with Crippen molar-refractivity contribution < 1.29 is 18.0 Å². The van der Waals surface area contributed by atoms with Crippen molar-refractivity contribution >= 4 is 21.8 Å². The molecule has 1 atom stereocenters. The average Bonchev–Trinajstić information content (AvgIpc) is 2.66. The van der Waals surface area contributed by atoms with Gasteiger partial charge in [0, 0.05) is 32.1 Å².